The molecule has 1 unspecified atom stereocenters. The number of nitrogens with one attached hydrogen (secondary N) is 2. The molecular weight excluding hydrogens is 482 g/mol. The third-order valence-electron chi connectivity index (χ3n) is 3.89. The maximum atomic E-state index is 6.01. The van der Waals surface area contributed by atoms with Gasteiger partial charge in [-0.05, 0) is 12.1 Å². The molecule has 1 atom stereocenters. The van der Waals surface area contributed by atoms with Crippen LogP contribution in [0.3, 0.4) is 0 Å². The Bertz CT molecular complexity index is 412. The van der Waals surface area contributed by atoms with E-state index in [0.717, 1.165) is 18.0 Å². The fraction of sp³-hybridized carbons (Fsp3) is 0.571. The van der Waals surface area contributed by atoms with Gasteiger partial charge in [-0.15, -0.1) is 0 Å². The molecular formula is C14H22I2N2O2. The van der Waals surface area contributed by atoms with Crippen LogP contribution in [-0.2, 0) is 0 Å². The van der Waals surface area contributed by atoms with Crippen molar-refractivity contribution in [2.45, 2.75) is 6.10 Å². The van der Waals surface area contributed by atoms with E-state index in [-0.39, 0.29) is 54.1 Å². The minimum atomic E-state index is 0. The molecule has 114 valence electrons. The average molecular weight is 504 g/mol. The first-order valence-electron chi connectivity index (χ1n) is 6.84. The molecule has 0 radical (unpaired) electrons. The fourth-order valence-corrected chi connectivity index (χ4v) is 2.72. The van der Waals surface area contributed by atoms with Gasteiger partial charge >= 0.3 is 0 Å². The van der Waals surface area contributed by atoms with E-state index in [9.17, 15) is 0 Å². The molecule has 3 rings (SSSR count). The molecule has 4 nitrogen and oxygen atoms in total. The maximum absolute atomic E-state index is 6.01. The highest BCUT2D eigenvalue weighted by Gasteiger charge is 2.28. The second kappa shape index (κ2) is 8.60. The first-order valence-corrected chi connectivity index (χ1v) is 6.84. The summed E-state index contributed by atoms with van der Waals surface area (Å²) in [6.45, 7) is 6.75. The number of likely N-dealkylation sites (N-methyl/N-ethyl adjacent to an activating group) is 1. The van der Waals surface area contributed by atoms with Gasteiger partial charge in [0, 0.05) is 0 Å². The van der Waals surface area contributed by atoms with E-state index < -0.39 is 0 Å². The minimum Gasteiger partial charge on any atom is -1.00 e. The van der Waals surface area contributed by atoms with Gasteiger partial charge in [0.1, 0.15) is 39.3 Å². The Morgan fingerprint density at radius 3 is 2.40 bits per heavy atom. The molecule has 0 bridgehead atoms. The SMILES string of the molecule is C[NH+]1CC[NH+](CC2COc3ccccc3O2)CC1.[I-].[I-]. The number of hydrogen-bond donors (Lipinski definition) is 2. The molecule has 0 amide bonds. The van der Waals surface area contributed by atoms with E-state index in [1.807, 2.05) is 24.3 Å². The fourth-order valence-electron chi connectivity index (χ4n) is 2.72. The quantitative estimate of drug-likeness (QED) is 0.392. The third-order valence-corrected chi connectivity index (χ3v) is 3.89. The Labute approximate surface area is 154 Å². The standard InChI is InChI=1S/C14H20N2O2.2HI/c1-15-6-8-16(9-7-15)10-12-11-17-13-4-2-3-5-14(13)18-12;;/h2-5,12H,6-11H2,1H3;2*1H. The van der Waals surface area contributed by atoms with Crippen LogP contribution in [0.1, 0.15) is 0 Å². The third kappa shape index (κ3) is 4.60. The lowest BCUT2D eigenvalue weighted by Gasteiger charge is -2.32. The van der Waals surface area contributed by atoms with E-state index in [4.69, 9.17) is 9.47 Å². The first-order chi connectivity index (χ1) is 8.81. The van der Waals surface area contributed by atoms with Crippen molar-refractivity contribution in [3.8, 4) is 11.5 Å². The molecule has 1 fully saturated rings. The molecule has 2 N–H and O–H groups in total. The monoisotopic (exact) mass is 504 g/mol. The molecule has 1 aromatic carbocycles. The Morgan fingerprint density at radius 2 is 1.70 bits per heavy atom. The minimum absolute atomic E-state index is 0. The van der Waals surface area contributed by atoms with Crippen molar-refractivity contribution in [1.82, 2.24) is 0 Å². The maximum Gasteiger partial charge on any atom is 0.181 e. The van der Waals surface area contributed by atoms with Gasteiger partial charge in [0.15, 0.2) is 17.6 Å². The molecule has 2 aliphatic rings. The second-order valence-electron chi connectivity index (χ2n) is 5.41. The van der Waals surface area contributed by atoms with E-state index in [2.05, 4.69) is 7.05 Å². The van der Waals surface area contributed by atoms with Crippen LogP contribution in [-0.4, -0.2) is 52.5 Å². The number of ether oxygens (including phenoxy) is 2. The molecule has 1 saturated heterocycles. The Hall–Kier alpha value is 0.200. The summed E-state index contributed by atoms with van der Waals surface area (Å²) in [5.74, 6) is 1.78. The van der Waals surface area contributed by atoms with E-state index in [0.29, 0.717) is 6.61 Å². The molecule has 2 heterocycles. The molecule has 0 aliphatic carbocycles. The number of halogens is 2. The second-order valence-corrected chi connectivity index (χ2v) is 5.41. The topological polar surface area (TPSA) is 27.3 Å². The Morgan fingerprint density at radius 1 is 1.05 bits per heavy atom. The van der Waals surface area contributed by atoms with Gasteiger partial charge in [-0.1, -0.05) is 12.1 Å². The predicted molar refractivity (Wildman–Crippen MR) is 68.5 cm³/mol. The zero-order valence-corrected chi connectivity index (χ0v) is 16.0. The van der Waals surface area contributed by atoms with Crippen molar-refractivity contribution in [2.75, 3.05) is 46.4 Å². The summed E-state index contributed by atoms with van der Waals surface area (Å²) in [6.07, 6.45) is 0.202. The lowest BCUT2D eigenvalue weighted by Crippen LogP contribution is -3.27. The number of rotatable bonds is 2. The Balaban J connectivity index is 0.000001000. The summed E-state index contributed by atoms with van der Waals surface area (Å²) in [6, 6.07) is 7.94. The van der Waals surface area contributed by atoms with E-state index in [1.165, 1.54) is 26.2 Å². The number of quaternary nitrogens is 2. The van der Waals surface area contributed by atoms with E-state index >= 15 is 0 Å². The van der Waals surface area contributed by atoms with E-state index in [1.54, 1.807) is 9.80 Å². The van der Waals surface area contributed by atoms with Crippen LogP contribution in [0.2, 0.25) is 0 Å². The highest BCUT2D eigenvalue weighted by atomic mass is 127. The van der Waals surface area contributed by atoms with Gasteiger partial charge in [0.25, 0.3) is 0 Å². The Kier molecular flexibility index (Phi) is 7.84. The van der Waals surface area contributed by atoms with Crippen LogP contribution in [0.5, 0.6) is 11.5 Å². The van der Waals surface area contributed by atoms with Crippen molar-refractivity contribution < 1.29 is 67.2 Å². The zero-order chi connectivity index (χ0) is 12.4. The summed E-state index contributed by atoms with van der Waals surface area (Å²) in [7, 11) is 2.27. The van der Waals surface area contributed by atoms with Crippen molar-refractivity contribution in [3.05, 3.63) is 24.3 Å². The lowest BCUT2D eigenvalue weighted by molar-refractivity contribution is -1.00. The van der Waals surface area contributed by atoms with Gasteiger partial charge in [-0.25, -0.2) is 0 Å². The number of piperazine rings is 1. The summed E-state index contributed by atoms with van der Waals surface area (Å²) in [5.41, 5.74) is 0. The van der Waals surface area contributed by atoms with Crippen molar-refractivity contribution in [1.29, 1.82) is 0 Å². The summed E-state index contributed by atoms with van der Waals surface area (Å²) in [5, 5.41) is 0. The molecule has 0 aromatic heterocycles. The van der Waals surface area contributed by atoms with Gasteiger partial charge in [0.05, 0.1) is 7.05 Å². The molecule has 2 aliphatic heterocycles. The van der Waals surface area contributed by atoms with Gasteiger partial charge in [-0.3, -0.25) is 0 Å². The zero-order valence-electron chi connectivity index (χ0n) is 11.7. The van der Waals surface area contributed by atoms with Crippen LogP contribution in [0.15, 0.2) is 24.3 Å². The molecule has 1 aromatic rings. The number of fused-ring (bicyclic) bond motifs is 1. The number of para-hydroxylation sites is 2. The first kappa shape index (κ1) is 18.2. The average Bonchev–Trinajstić information content (AvgIpc) is 2.41. The van der Waals surface area contributed by atoms with Crippen molar-refractivity contribution in [3.63, 3.8) is 0 Å². The lowest BCUT2D eigenvalue weighted by atomic mass is 10.2. The predicted octanol–water partition coefficient (Wildman–Crippen LogP) is -7.75. The highest BCUT2D eigenvalue weighted by Crippen LogP contribution is 2.30. The molecule has 0 spiro atoms. The molecule has 20 heavy (non-hydrogen) atoms. The van der Waals surface area contributed by atoms with Crippen molar-refractivity contribution >= 4 is 0 Å². The molecule has 0 saturated carbocycles. The van der Waals surface area contributed by atoms with Gasteiger partial charge in [0.2, 0.25) is 0 Å². The van der Waals surface area contributed by atoms with Crippen LogP contribution in [0.25, 0.3) is 0 Å². The molecule has 6 heteroatoms. The van der Waals surface area contributed by atoms with Crippen LogP contribution in [0, 0.1) is 0 Å². The van der Waals surface area contributed by atoms with Crippen LogP contribution in [0.4, 0.5) is 0 Å². The smallest absolute Gasteiger partial charge is 0.181 e. The summed E-state index contributed by atoms with van der Waals surface area (Å²) in [4.78, 5) is 3.29. The van der Waals surface area contributed by atoms with Crippen LogP contribution < -0.4 is 67.2 Å². The summed E-state index contributed by atoms with van der Waals surface area (Å²) < 4.78 is 11.8. The van der Waals surface area contributed by atoms with Crippen LogP contribution >= 0.6 is 0 Å². The highest BCUT2D eigenvalue weighted by molar-refractivity contribution is 5.40. The summed E-state index contributed by atoms with van der Waals surface area (Å²) >= 11 is 0. The number of hydrogen-bond acceptors (Lipinski definition) is 2. The van der Waals surface area contributed by atoms with Gasteiger partial charge in [-0.2, -0.15) is 0 Å². The normalized spacial score (nSPS) is 27.9. The number of benzene rings is 1. The largest absolute Gasteiger partial charge is 1.00 e. The van der Waals surface area contributed by atoms with Crippen molar-refractivity contribution in [2.24, 2.45) is 0 Å². The van der Waals surface area contributed by atoms with Gasteiger partial charge < -0.3 is 67.2 Å².